The molecule has 1 saturated carbocycles. The predicted octanol–water partition coefficient (Wildman–Crippen LogP) is 4.83. The number of H-pyrrole nitrogens is 1. The molecule has 3 aromatic carbocycles. The van der Waals surface area contributed by atoms with Crippen LogP contribution in [0.2, 0.25) is 0 Å². The summed E-state index contributed by atoms with van der Waals surface area (Å²) >= 11 is 0. The SMILES string of the molecule is O=c1ccn([C@@H]2O[C@H](COC(c3ccccc3)(c3ccccc3)c3ccccc3)[C@@H]3[C@H]2N3C2CCCCC2)c(=O)[nH]1. The topological polar surface area (TPSA) is 76.3 Å². The molecule has 2 saturated heterocycles. The van der Waals surface area contributed by atoms with Crippen molar-refractivity contribution in [3.63, 3.8) is 0 Å². The fourth-order valence-electron chi connectivity index (χ4n) is 7.19. The molecule has 3 fully saturated rings. The summed E-state index contributed by atoms with van der Waals surface area (Å²) in [5, 5.41) is 0. The first-order valence-electron chi connectivity index (χ1n) is 14.7. The van der Waals surface area contributed by atoms with E-state index in [1.165, 1.54) is 25.3 Å². The van der Waals surface area contributed by atoms with E-state index in [1.54, 1.807) is 10.8 Å². The summed E-state index contributed by atoms with van der Waals surface area (Å²) in [7, 11) is 0. The Labute approximate surface area is 239 Å². The van der Waals surface area contributed by atoms with Gasteiger partial charge in [-0.25, -0.2) is 4.79 Å². The van der Waals surface area contributed by atoms with Crippen molar-refractivity contribution < 1.29 is 9.47 Å². The first kappa shape index (κ1) is 26.1. The predicted molar refractivity (Wildman–Crippen MR) is 157 cm³/mol. The molecule has 4 aromatic rings. The number of nitrogens with zero attached hydrogens (tertiary/aromatic N) is 2. The molecule has 0 amide bonds. The Morgan fingerprint density at radius 1 is 0.756 bits per heavy atom. The summed E-state index contributed by atoms with van der Waals surface area (Å²) in [6.07, 6.45) is 6.91. The molecule has 7 nitrogen and oxygen atoms in total. The molecule has 41 heavy (non-hydrogen) atoms. The smallest absolute Gasteiger partial charge is 0.330 e. The lowest BCUT2D eigenvalue weighted by Gasteiger charge is -2.37. The van der Waals surface area contributed by atoms with Crippen molar-refractivity contribution >= 4 is 0 Å². The van der Waals surface area contributed by atoms with Crippen molar-refractivity contribution in [2.45, 2.75) is 68.2 Å². The van der Waals surface area contributed by atoms with Crippen LogP contribution in [0.3, 0.4) is 0 Å². The summed E-state index contributed by atoms with van der Waals surface area (Å²) in [4.78, 5) is 29.6. The Bertz CT molecular complexity index is 1480. The molecular formula is C34H35N3O4. The van der Waals surface area contributed by atoms with Crippen molar-refractivity contribution in [2.24, 2.45) is 0 Å². The van der Waals surface area contributed by atoms with Gasteiger partial charge in [-0.1, -0.05) is 110 Å². The van der Waals surface area contributed by atoms with Gasteiger partial charge in [0.25, 0.3) is 5.56 Å². The second-order valence-electron chi connectivity index (χ2n) is 11.4. The third kappa shape index (κ3) is 4.68. The third-order valence-electron chi connectivity index (χ3n) is 9.06. The average molecular weight is 550 g/mol. The van der Waals surface area contributed by atoms with E-state index in [1.807, 2.05) is 54.6 Å². The lowest BCUT2D eigenvalue weighted by molar-refractivity contribution is -0.106. The molecule has 2 aliphatic heterocycles. The minimum Gasteiger partial charge on any atom is -0.358 e. The third-order valence-corrected chi connectivity index (χ3v) is 9.06. The molecule has 1 unspecified atom stereocenters. The van der Waals surface area contributed by atoms with E-state index in [-0.39, 0.29) is 18.2 Å². The van der Waals surface area contributed by atoms with Gasteiger partial charge in [-0.2, -0.15) is 0 Å². The van der Waals surface area contributed by atoms with Gasteiger partial charge in [0.1, 0.15) is 11.7 Å². The first-order valence-corrected chi connectivity index (χ1v) is 14.7. The maximum atomic E-state index is 12.8. The molecule has 0 radical (unpaired) electrons. The van der Waals surface area contributed by atoms with E-state index in [4.69, 9.17) is 9.47 Å². The van der Waals surface area contributed by atoms with Gasteiger partial charge in [0.05, 0.1) is 18.7 Å². The number of nitrogens with one attached hydrogen (secondary N) is 1. The number of aromatic amines is 1. The van der Waals surface area contributed by atoms with Crippen LogP contribution in [0, 0.1) is 0 Å². The fourth-order valence-corrected chi connectivity index (χ4v) is 7.19. The van der Waals surface area contributed by atoms with Crippen LogP contribution in [-0.2, 0) is 15.1 Å². The van der Waals surface area contributed by atoms with E-state index in [9.17, 15) is 9.59 Å². The highest BCUT2D eigenvalue weighted by Crippen LogP contribution is 2.52. The zero-order valence-corrected chi connectivity index (χ0v) is 23.0. The second kappa shape index (κ2) is 10.9. The molecule has 5 atom stereocenters. The van der Waals surface area contributed by atoms with Crippen LogP contribution in [0.1, 0.15) is 55.0 Å². The molecule has 0 spiro atoms. The fraction of sp³-hybridized carbons (Fsp3) is 0.353. The highest BCUT2D eigenvalue weighted by atomic mass is 16.6. The van der Waals surface area contributed by atoms with Crippen LogP contribution >= 0.6 is 0 Å². The van der Waals surface area contributed by atoms with E-state index in [2.05, 4.69) is 46.3 Å². The van der Waals surface area contributed by atoms with E-state index in [0.29, 0.717) is 12.6 Å². The molecule has 7 heteroatoms. The summed E-state index contributed by atoms with van der Waals surface area (Å²) in [6.45, 7) is 0.345. The standard InChI is InChI=1S/C34H35N3O4/c38-29-21-22-36(33(39)35-29)32-31-30(37(31)27-19-11-4-12-20-27)28(41-32)23-40-34(24-13-5-1-6-14-24,25-15-7-2-8-16-25)26-17-9-3-10-18-26/h1-3,5-10,13-18,21-22,27-28,30-32H,4,11-12,19-20,23H2,(H,35,38,39)/t28-,30-,31-,32-,37?/m1/s1. The molecule has 210 valence electrons. The molecule has 1 aliphatic carbocycles. The summed E-state index contributed by atoms with van der Waals surface area (Å²) in [5.74, 6) is 0. The number of aromatic nitrogens is 2. The number of morpholine rings is 1. The van der Waals surface area contributed by atoms with Crippen molar-refractivity contribution in [1.29, 1.82) is 0 Å². The maximum Gasteiger partial charge on any atom is 0.330 e. The van der Waals surface area contributed by atoms with Gasteiger partial charge < -0.3 is 9.47 Å². The Kier molecular flexibility index (Phi) is 6.95. The van der Waals surface area contributed by atoms with Crippen LogP contribution in [0.25, 0.3) is 0 Å². The Balaban J connectivity index is 1.26. The van der Waals surface area contributed by atoms with Crippen molar-refractivity contribution in [3.05, 3.63) is 141 Å². The molecular weight excluding hydrogens is 514 g/mol. The van der Waals surface area contributed by atoms with E-state index < -0.39 is 23.1 Å². The molecule has 1 aromatic heterocycles. The summed E-state index contributed by atoms with van der Waals surface area (Å²) in [6, 6.07) is 33.2. The Hall–Kier alpha value is -3.78. The molecule has 3 aliphatic rings. The molecule has 0 bridgehead atoms. The minimum absolute atomic E-state index is 0.0786. The Morgan fingerprint density at radius 2 is 1.32 bits per heavy atom. The number of rotatable bonds is 8. The van der Waals surface area contributed by atoms with Crippen LogP contribution < -0.4 is 11.2 Å². The maximum absolute atomic E-state index is 12.8. The lowest BCUT2D eigenvalue weighted by atomic mass is 9.80. The largest absolute Gasteiger partial charge is 0.358 e. The molecule has 7 rings (SSSR count). The van der Waals surface area contributed by atoms with Crippen LogP contribution in [0.15, 0.2) is 113 Å². The lowest BCUT2D eigenvalue weighted by Crippen LogP contribution is -2.41. The van der Waals surface area contributed by atoms with Crippen molar-refractivity contribution in [2.75, 3.05) is 6.61 Å². The van der Waals surface area contributed by atoms with E-state index in [0.717, 1.165) is 29.5 Å². The quantitative estimate of drug-likeness (QED) is 0.252. The van der Waals surface area contributed by atoms with Gasteiger partial charge in [0.2, 0.25) is 0 Å². The van der Waals surface area contributed by atoms with Gasteiger partial charge in [-0.3, -0.25) is 19.2 Å². The normalized spacial score (nSPS) is 26.0. The number of ether oxygens (including phenoxy) is 2. The van der Waals surface area contributed by atoms with Gasteiger partial charge in [-0.15, -0.1) is 0 Å². The highest BCUT2D eigenvalue weighted by molar-refractivity contribution is 5.47. The first-order chi connectivity index (χ1) is 20.2. The number of hydrogen-bond donors (Lipinski definition) is 1. The number of benzene rings is 3. The van der Waals surface area contributed by atoms with Gasteiger partial charge in [0.15, 0.2) is 6.23 Å². The van der Waals surface area contributed by atoms with Crippen LogP contribution in [0.4, 0.5) is 0 Å². The zero-order chi connectivity index (χ0) is 27.8. The van der Waals surface area contributed by atoms with Crippen molar-refractivity contribution in [1.82, 2.24) is 14.5 Å². The minimum atomic E-state index is -0.847. The zero-order valence-electron chi connectivity index (χ0n) is 23.0. The summed E-state index contributed by atoms with van der Waals surface area (Å²) < 4.78 is 15.3. The van der Waals surface area contributed by atoms with Crippen molar-refractivity contribution in [3.8, 4) is 0 Å². The second-order valence-corrected chi connectivity index (χ2v) is 11.4. The molecule has 3 heterocycles. The highest BCUT2D eigenvalue weighted by Gasteiger charge is 2.65. The van der Waals surface area contributed by atoms with Gasteiger partial charge in [0, 0.05) is 18.3 Å². The van der Waals surface area contributed by atoms with E-state index >= 15 is 0 Å². The van der Waals surface area contributed by atoms with Crippen LogP contribution in [-0.4, -0.2) is 45.3 Å². The van der Waals surface area contributed by atoms with Gasteiger partial charge in [-0.05, 0) is 29.5 Å². The monoisotopic (exact) mass is 549 g/mol. The van der Waals surface area contributed by atoms with Crippen LogP contribution in [0.5, 0.6) is 0 Å². The van der Waals surface area contributed by atoms with Gasteiger partial charge >= 0.3 is 5.69 Å². The molecule has 1 N–H and O–H groups in total. The Morgan fingerprint density at radius 3 is 1.85 bits per heavy atom. The average Bonchev–Trinajstić information content (AvgIpc) is 3.66. The summed E-state index contributed by atoms with van der Waals surface area (Å²) in [5.41, 5.74) is 1.44. The number of fused-ring (bicyclic) bond motifs is 1. The number of hydrogen-bond acceptors (Lipinski definition) is 5.